The van der Waals surface area contributed by atoms with Crippen LogP contribution in [0.4, 0.5) is 4.79 Å². The van der Waals surface area contributed by atoms with E-state index in [1.807, 2.05) is 0 Å². The normalized spacial score (nSPS) is 22.3. The van der Waals surface area contributed by atoms with Crippen LogP contribution in [0.3, 0.4) is 0 Å². The fraction of sp³-hybridized carbons (Fsp3) is 0.733. The van der Waals surface area contributed by atoms with Crippen molar-refractivity contribution >= 4 is 20.1 Å². The molecule has 1 aliphatic rings. The lowest BCUT2D eigenvalue weighted by Gasteiger charge is -2.40. The molecule has 1 fully saturated rings. The third-order valence-corrected chi connectivity index (χ3v) is 5.43. The number of carbonyl (C=O) groups excluding carboxylic acids is 1. The molecule has 2 N–H and O–H groups in total. The maximum Gasteiger partial charge on any atom is 0.405 e. The molecule has 124 valence electrons. The fourth-order valence-corrected chi connectivity index (χ4v) is 3.22. The van der Waals surface area contributed by atoms with Gasteiger partial charge in [0.15, 0.2) is 0 Å². The van der Waals surface area contributed by atoms with E-state index < -0.39 is 19.7 Å². The Labute approximate surface area is 133 Å². The third-order valence-electron chi connectivity index (χ3n) is 3.72. The Morgan fingerprint density at radius 3 is 2.77 bits per heavy atom. The van der Waals surface area contributed by atoms with E-state index in [0.717, 1.165) is 6.04 Å². The van der Waals surface area contributed by atoms with Crippen molar-refractivity contribution in [3.05, 3.63) is 0 Å². The van der Waals surface area contributed by atoms with E-state index in [0.29, 0.717) is 26.0 Å². The molecule has 6 nitrogen and oxygen atoms in total. The second-order valence-corrected chi connectivity index (χ2v) is 12.5. The molecule has 1 atom stereocenters. The van der Waals surface area contributed by atoms with Gasteiger partial charge >= 0.3 is 6.09 Å². The van der Waals surface area contributed by atoms with Gasteiger partial charge in [-0.3, -0.25) is 4.79 Å². The van der Waals surface area contributed by atoms with Gasteiger partial charge in [0.2, 0.25) is 0 Å². The number of likely N-dealkylation sites (tertiary alicyclic amines) is 1. The van der Waals surface area contributed by atoms with E-state index >= 15 is 0 Å². The van der Waals surface area contributed by atoms with Gasteiger partial charge in [0, 0.05) is 27.6 Å². The molecule has 1 saturated heterocycles. The lowest BCUT2D eigenvalue weighted by atomic mass is 9.85. The Hall–Kier alpha value is -1.52. The van der Waals surface area contributed by atoms with Crippen molar-refractivity contribution in [2.45, 2.75) is 50.5 Å². The van der Waals surface area contributed by atoms with Gasteiger partial charge in [-0.25, -0.2) is 4.79 Å². The molecule has 1 aliphatic heterocycles. The van der Waals surface area contributed by atoms with Gasteiger partial charge < -0.3 is 20.1 Å². The first-order valence-electron chi connectivity index (χ1n) is 7.52. The molecule has 0 aromatic heterocycles. The zero-order chi connectivity index (χ0) is 16.8. The second kappa shape index (κ2) is 7.65. The van der Waals surface area contributed by atoms with Crippen molar-refractivity contribution < 1.29 is 19.4 Å². The number of ether oxygens (including phenoxy) is 1. The van der Waals surface area contributed by atoms with Gasteiger partial charge in [0.1, 0.15) is 12.3 Å². The first kappa shape index (κ1) is 18.5. The van der Waals surface area contributed by atoms with Crippen molar-refractivity contribution in [2.75, 3.05) is 19.9 Å². The summed E-state index contributed by atoms with van der Waals surface area (Å²) in [6, 6.07) is 1.03. The maximum absolute atomic E-state index is 12.6. The average Bonchev–Trinajstić information content (AvgIpc) is 2.38. The summed E-state index contributed by atoms with van der Waals surface area (Å²) in [7, 11) is -1.17. The van der Waals surface area contributed by atoms with Crippen LogP contribution in [0.2, 0.25) is 25.7 Å². The predicted molar refractivity (Wildman–Crippen MR) is 87.3 cm³/mol. The lowest BCUT2D eigenvalue weighted by Crippen LogP contribution is -2.62. The largest absolute Gasteiger partial charge is 0.465 e. The number of hydrogen-bond acceptors (Lipinski definition) is 3. The number of nitrogens with zero attached hydrogens (tertiary/aromatic N) is 1. The summed E-state index contributed by atoms with van der Waals surface area (Å²) in [6.07, 6.45) is 5.27. The van der Waals surface area contributed by atoms with Crippen molar-refractivity contribution in [2.24, 2.45) is 0 Å². The minimum atomic E-state index is -1.23. The molecule has 22 heavy (non-hydrogen) atoms. The topological polar surface area (TPSA) is 78.9 Å². The monoisotopic (exact) mass is 326 g/mol. The summed E-state index contributed by atoms with van der Waals surface area (Å²) in [5.74, 6) is 2.13. The molecule has 0 aliphatic carbocycles. The van der Waals surface area contributed by atoms with Gasteiger partial charge in [0.05, 0.1) is 0 Å². The number of hydrogen-bond donors (Lipinski definition) is 2. The number of terminal acetylenes is 1. The highest BCUT2D eigenvalue weighted by Gasteiger charge is 2.44. The van der Waals surface area contributed by atoms with Crippen LogP contribution in [-0.4, -0.2) is 55.5 Å². The first-order chi connectivity index (χ1) is 10.2. The molecule has 0 unspecified atom stereocenters. The molecule has 0 aromatic rings. The number of carboxylic acid groups (broad SMARTS) is 1. The van der Waals surface area contributed by atoms with E-state index in [1.54, 1.807) is 4.90 Å². The van der Waals surface area contributed by atoms with Crippen LogP contribution >= 0.6 is 0 Å². The Bertz CT molecular complexity index is 455. The SMILES string of the molecule is C#CC[C@@]1(NC(=O)O)CCCN(COCC[Si](C)(C)C)C1=O. The molecule has 1 rings (SSSR count). The molecule has 0 saturated carbocycles. The molecular weight excluding hydrogens is 300 g/mol. The Balaban J connectivity index is 2.64. The summed E-state index contributed by atoms with van der Waals surface area (Å²) >= 11 is 0. The number of piperidine rings is 1. The molecule has 7 heteroatoms. The number of rotatable bonds is 7. The van der Waals surface area contributed by atoms with Crippen LogP contribution < -0.4 is 5.32 Å². The summed E-state index contributed by atoms with van der Waals surface area (Å²) in [5, 5.41) is 11.3. The predicted octanol–water partition coefficient (Wildman–Crippen LogP) is 1.95. The minimum Gasteiger partial charge on any atom is -0.465 e. The molecule has 0 aromatic carbocycles. The summed E-state index contributed by atoms with van der Waals surface area (Å²) in [4.78, 5) is 25.1. The van der Waals surface area contributed by atoms with Gasteiger partial charge in [0.25, 0.3) is 5.91 Å². The highest BCUT2D eigenvalue weighted by molar-refractivity contribution is 6.76. The average molecular weight is 326 g/mol. The van der Waals surface area contributed by atoms with Gasteiger partial charge in [-0.1, -0.05) is 19.6 Å². The van der Waals surface area contributed by atoms with Crippen LogP contribution in [0.5, 0.6) is 0 Å². The van der Waals surface area contributed by atoms with Crippen molar-refractivity contribution in [1.29, 1.82) is 0 Å². The smallest absolute Gasteiger partial charge is 0.405 e. The van der Waals surface area contributed by atoms with E-state index in [2.05, 4.69) is 30.9 Å². The van der Waals surface area contributed by atoms with Crippen molar-refractivity contribution in [1.82, 2.24) is 10.2 Å². The van der Waals surface area contributed by atoms with Crippen LogP contribution in [0.1, 0.15) is 19.3 Å². The van der Waals surface area contributed by atoms with Crippen molar-refractivity contribution in [3.63, 3.8) is 0 Å². The van der Waals surface area contributed by atoms with E-state index in [9.17, 15) is 9.59 Å². The maximum atomic E-state index is 12.6. The quantitative estimate of drug-likeness (QED) is 0.426. The molecule has 1 heterocycles. The summed E-state index contributed by atoms with van der Waals surface area (Å²) < 4.78 is 5.61. The molecule has 2 amide bonds. The summed E-state index contributed by atoms with van der Waals surface area (Å²) in [5.41, 5.74) is -1.21. The first-order valence-corrected chi connectivity index (χ1v) is 11.2. The standard InChI is InChI=1S/C15H26N2O4Si/c1-5-7-15(16-14(19)20)8-6-9-17(13(15)18)12-21-10-11-22(2,3)4/h1,16H,6-12H2,2-4H3,(H,19,20)/t15-/m1/s1. The Morgan fingerprint density at radius 2 is 2.23 bits per heavy atom. The van der Waals surface area contributed by atoms with Gasteiger partial charge in [-0.05, 0) is 18.9 Å². The van der Waals surface area contributed by atoms with Crippen LogP contribution in [0, 0.1) is 12.3 Å². The third kappa shape index (κ3) is 5.35. The molecule has 0 bridgehead atoms. The zero-order valence-corrected chi connectivity index (χ0v) is 14.6. The molecule has 0 spiro atoms. The summed E-state index contributed by atoms with van der Waals surface area (Å²) in [6.45, 7) is 8.16. The molecular formula is C15H26N2O4Si. The van der Waals surface area contributed by atoms with E-state index in [-0.39, 0.29) is 19.1 Å². The second-order valence-electron chi connectivity index (χ2n) is 6.91. The highest BCUT2D eigenvalue weighted by atomic mass is 28.3. The van der Waals surface area contributed by atoms with E-state index in [4.69, 9.17) is 16.3 Å². The number of carbonyl (C=O) groups is 2. The van der Waals surface area contributed by atoms with Gasteiger partial charge in [-0.15, -0.1) is 12.3 Å². The lowest BCUT2D eigenvalue weighted by molar-refractivity contribution is -0.147. The van der Waals surface area contributed by atoms with Crippen molar-refractivity contribution in [3.8, 4) is 12.3 Å². The Kier molecular flexibility index (Phi) is 6.44. The van der Waals surface area contributed by atoms with Crippen LogP contribution in [-0.2, 0) is 9.53 Å². The van der Waals surface area contributed by atoms with Gasteiger partial charge in [-0.2, -0.15) is 0 Å². The number of nitrogens with one attached hydrogen (secondary N) is 1. The zero-order valence-electron chi connectivity index (χ0n) is 13.6. The minimum absolute atomic E-state index is 0.0591. The number of amides is 2. The fourth-order valence-electron chi connectivity index (χ4n) is 2.46. The van der Waals surface area contributed by atoms with Crippen LogP contribution in [0.15, 0.2) is 0 Å². The van der Waals surface area contributed by atoms with E-state index in [1.165, 1.54) is 0 Å². The highest BCUT2D eigenvalue weighted by Crippen LogP contribution is 2.26. The Morgan fingerprint density at radius 1 is 1.55 bits per heavy atom. The molecule has 0 radical (unpaired) electrons. The van der Waals surface area contributed by atoms with Crippen LogP contribution in [0.25, 0.3) is 0 Å².